The lowest BCUT2D eigenvalue weighted by molar-refractivity contribution is 0.0533. The highest BCUT2D eigenvalue weighted by atomic mass is 35.5. The molecule has 0 saturated carbocycles. The number of carbonyl (C=O) groups is 1. The van der Waals surface area contributed by atoms with E-state index in [1.165, 1.54) is 11.3 Å². The van der Waals surface area contributed by atoms with Crippen molar-refractivity contribution in [3.05, 3.63) is 50.9 Å². The van der Waals surface area contributed by atoms with Gasteiger partial charge in [0.25, 0.3) is 0 Å². The number of benzene rings is 1. The number of halogens is 1. The van der Waals surface area contributed by atoms with Crippen molar-refractivity contribution in [2.24, 2.45) is 5.10 Å². The van der Waals surface area contributed by atoms with Crippen LogP contribution in [0.2, 0.25) is 5.02 Å². The number of pyridine rings is 1. The summed E-state index contributed by atoms with van der Waals surface area (Å²) in [7, 11) is 0. The summed E-state index contributed by atoms with van der Waals surface area (Å²) >= 11 is 7.19. The number of aryl methyl sites for hydroxylation is 1. The van der Waals surface area contributed by atoms with Crippen molar-refractivity contribution in [1.82, 2.24) is 4.98 Å². The molecule has 0 amide bonds. The highest BCUT2D eigenvalue weighted by Gasteiger charge is 2.25. The normalized spacial score (nSPS) is 13.6. The van der Waals surface area contributed by atoms with Crippen LogP contribution in [0.15, 0.2) is 29.4 Å². The molecule has 0 unspecified atom stereocenters. The van der Waals surface area contributed by atoms with Gasteiger partial charge in [-0.3, -0.25) is 5.43 Å². The molecule has 6 nitrogen and oxygen atoms in total. The molecule has 0 spiro atoms. The first-order valence-corrected chi connectivity index (χ1v) is 10.7. The molecule has 3 N–H and O–H groups in total. The molecule has 1 aliphatic carbocycles. The molecule has 8 heteroatoms. The second-order valence-electron chi connectivity index (χ2n) is 6.79. The number of thiophene rings is 1. The smallest absolute Gasteiger partial charge is 0.350 e. The number of nitrogens with zero attached hydrogens (tertiary/aromatic N) is 2. The Labute approximate surface area is 177 Å². The van der Waals surface area contributed by atoms with Crippen LogP contribution < -0.4 is 11.2 Å². The van der Waals surface area contributed by atoms with Crippen LogP contribution in [0.25, 0.3) is 10.2 Å². The zero-order chi connectivity index (χ0) is 20.4. The lowest BCUT2D eigenvalue weighted by Crippen LogP contribution is -2.09. The second-order valence-corrected chi connectivity index (χ2v) is 8.23. The summed E-state index contributed by atoms with van der Waals surface area (Å²) in [6, 6.07) is 7.43. The number of nitrogens with one attached hydrogen (secondary N) is 1. The zero-order valence-corrected chi connectivity index (χ0v) is 17.6. The van der Waals surface area contributed by atoms with Gasteiger partial charge in [-0.1, -0.05) is 23.7 Å². The summed E-state index contributed by atoms with van der Waals surface area (Å²) in [4.78, 5) is 18.2. The molecule has 2 heterocycles. The number of hydrogen-bond acceptors (Lipinski definition) is 7. The maximum absolute atomic E-state index is 12.3. The molecule has 0 aliphatic heterocycles. The van der Waals surface area contributed by atoms with E-state index in [9.17, 15) is 4.79 Å². The van der Waals surface area contributed by atoms with Crippen molar-refractivity contribution in [2.75, 3.05) is 17.8 Å². The van der Waals surface area contributed by atoms with Gasteiger partial charge in [0.05, 0.1) is 18.5 Å². The van der Waals surface area contributed by atoms with E-state index in [0.29, 0.717) is 28.0 Å². The van der Waals surface area contributed by atoms with Crippen LogP contribution in [-0.4, -0.2) is 23.8 Å². The van der Waals surface area contributed by atoms with E-state index in [4.69, 9.17) is 27.1 Å². The highest BCUT2D eigenvalue weighted by Crippen LogP contribution is 2.41. The number of carbonyl (C=O) groups excluding carboxylic acids is 1. The van der Waals surface area contributed by atoms with Crippen LogP contribution in [-0.2, 0) is 17.6 Å². The maximum atomic E-state index is 12.3. The maximum Gasteiger partial charge on any atom is 0.350 e. The van der Waals surface area contributed by atoms with Crippen LogP contribution in [0.1, 0.15) is 46.1 Å². The van der Waals surface area contributed by atoms with Gasteiger partial charge in [-0.2, -0.15) is 5.10 Å². The number of ether oxygens (including phenoxy) is 1. The fraction of sp³-hybridized carbons (Fsp3) is 0.286. The van der Waals surface area contributed by atoms with E-state index in [-0.39, 0.29) is 0 Å². The standard InChI is InChI=1S/C21H21ClN4O2S/c1-2-28-21(27)18-17(23)16-14-5-3-4-6-15(14)19(25-20(16)29-18)26-24-11-12-7-9-13(22)10-8-12/h7-11H,2-6,23H2,1H3,(H,25,26)/b24-11+. The predicted molar refractivity (Wildman–Crippen MR) is 119 cm³/mol. The SMILES string of the molecule is CCOC(=O)c1sc2nc(N/N=C/c3ccc(Cl)cc3)c3c(c2c1N)CCCC3. The molecule has 0 fully saturated rings. The summed E-state index contributed by atoms with van der Waals surface area (Å²) in [5.74, 6) is 0.321. The largest absolute Gasteiger partial charge is 0.462 e. The van der Waals surface area contributed by atoms with Crippen molar-refractivity contribution in [3.63, 3.8) is 0 Å². The lowest BCUT2D eigenvalue weighted by Gasteiger charge is -2.19. The molecule has 3 aromatic rings. The fourth-order valence-corrected chi connectivity index (χ4v) is 4.72. The molecule has 0 atom stereocenters. The average Bonchev–Trinajstić information content (AvgIpc) is 3.06. The lowest BCUT2D eigenvalue weighted by atomic mass is 9.90. The third kappa shape index (κ3) is 3.93. The van der Waals surface area contributed by atoms with Gasteiger partial charge in [-0.05, 0) is 55.9 Å². The summed E-state index contributed by atoms with van der Waals surface area (Å²) in [6.45, 7) is 2.09. The third-order valence-electron chi connectivity index (χ3n) is 4.91. The number of nitrogen functional groups attached to an aromatic ring is 1. The van der Waals surface area contributed by atoms with E-state index < -0.39 is 5.97 Å². The van der Waals surface area contributed by atoms with Gasteiger partial charge in [0, 0.05) is 16.0 Å². The average molecular weight is 429 g/mol. The monoisotopic (exact) mass is 428 g/mol. The first-order chi connectivity index (χ1) is 14.1. The molecule has 2 aromatic heterocycles. The van der Waals surface area contributed by atoms with Crippen LogP contribution in [0.4, 0.5) is 11.5 Å². The van der Waals surface area contributed by atoms with E-state index in [2.05, 4.69) is 10.5 Å². The van der Waals surface area contributed by atoms with E-state index >= 15 is 0 Å². The number of esters is 1. The molecule has 0 saturated heterocycles. The van der Waals surface area contributed by atoms with Crippen molar-refractivity contribution in [3.8, 4) is 0 Å². The summed E-state index contributed by atoms with van der Waals surface area (Å²) < 4.78 is 5.15. The summed E-state index contributed by atoms with van der Waals surface area (Å²) in [6.07, 6.45) is 5.71. The third-order valence-corrected chi connectivity index (χ3v) is 6.24. The van der Waals surface area contributed by atoms with Crippen molar-refractivity contribution >= 4 is 56.8 Å². The Morgan fingerprint density at radius 1 is 1.31 bits per heavy atom. The van der Waals surface area contributed by atoms with Crippen LogP contribution in [0.3, 0.4) is 0 Å². The van der Waals surface area contributed by atoms with Gasteiger partial charge in [0.15, 0.2) is 5.82 Å². The van der Waals surface area contributed by atoms with Crippen molar-refractivity contribution in [1.29, 1.82) is 0 Å². The number of aromatic nitrogens is 1. The van der Waals surface area contributed by atoms with Gasteiger partial charge < -0.3 is 10.5 Å². The molecule has 1 aromatic carbocycles. The molecule has 0 bridgehead atoms. The van der Waals surface area contributed by atoms with Gasteiger partial charge in [0.2, 0.25) is 0 Å². The number of hydrogen-bond donors (Lipinski definition) is 2. The fourth-order valence-electron chi connectivity index (χ4n) is 3.57. The van der Waals surface area contributed by atoms with E-state index in [1.54, 1.807) is 13.1 Å². The Hall–Kier alpha value is -2.64. The molecule has 1 aliphatic rings. The molecule has 29 heavy (non-hydrogen) atoms. The minimum Gasteiger partial charge on any atom is -0.462 e. The van der Waals surface area contributed by atoms with Crippen molar-refractivity contribution in [2.45, 2.75) is 32.6 Å². The Balaban J connectivity index is 1.72. The van der Waals surface area contributed by atoms with Crippen LogP contribution in [0, 0.1) is 0 Å². The summed E-state index contributed by atoms with van der Waals surface area (Å²) in [5, 5.41) is 5.92. The quantitative estimate of drug-likeness (QED) is 0.338. The number of hydrazone groups is 1. The summed E-state index contributed by atoms with van der Waals surface area (Å²) in [5.41, 5.74) is 13.1. The van der Waals surface area contributed by atoms with Gasteiger partial charge in [0.1, 0.15) is 9.71 Å². The number of anilines is 2. The molecule has 150 valence electrons. The van der Waals surface area contributed by atoms with Gasteiger partial charge >= 0.3 is 5.97 Å². The first-order valence-electron chi connectivity index (χ1n) is 9.54. The second kappa shape index (κ2) is 8.39. The number of fused-ring (bicyclic) bond motifs is 3. The highest BCUT2D eigenvalue weighted by molar-refractivity contribution is 7.21. The Morgan fingerprint density at radius 3 is 2.76 bits per heavy atom. The number of rotatable bonds is 5. The molecule has 0 radical (unpaired) electrons. The number of nitrogens with two attached hydrogens (primary N) is 1. The van der Waals surface area contributed by atoms with Crippen molar-refractivity contribution < 1.29 is 9.53 Å². The van der Waals surface area contributed by atoms with Gasteiger partial charge in [-0.15, -0.1) is 11.3 Å². The van der Waals surface area contributed by atoms with Crippen LogP contribution >= 0.6 is 22.9 Å². The minimum atomic E-state index is -0.396. The van der Waals surface area contributed by atoms with Crippen LogP contribution in [0.5, 0.6) is 0 Å². The van der Waals surface area contributed by atoms with Gasteiger partial charge in [-0.25, -0.2) is 9.78 Å². The minimum absolute atomic E-state index is 0.310. The zero-order valence-electron chi connectivity index (χ0n) is 16.0. The first kappa shape index (κ1) is 19.7. The van der Waals surface area contributed by atoms with E-state index in [1.807, 2.05) is 24.3 Å². The molecule has 4 rings (SSSR count). The Morgan fingerprint density at radius 2 is 2.03 bits per heavy atom. The topological polar surface area (TPSA) is 89.6 Å². The molecular weight excluding hydrogens is 408 g/mol. The molecular formula is C21H21ClN4O2S. The Kier molecular flexibility index (Phi) is 5.69. The Bertz CT molecular complexity index is 1090. The predicted octanol–water partition coefficient (Wildman–Crippen LogP) is 5.03. The van der Waals surface area contributed by atoms with E-state index in [0.717, 1.165) is 52.6 Å².